The third-order valence-corrected chi connectivity index (χ3v) is 4.32. The van der Waals surface area contributed by atoms with E-state index in [1.165, 1.54) is 5.56 Å². The van der Waals surface area contributed by atoms with Crippen LogP contribution in [0.25, 0.3) is 0 Å². The van der Waals surface area contributed by atoms with Gasteiger partial charge in [-0.15, -0.1) is 0 Å². The fraction of sp³-hybridized carbons (Fsp3) is 0.571. The Bertz CT molecular complexity index is 773. The highest BCUT2D eigenvalue weighted by Gasteiger charge is 2.09. The Balaban J connectivity index is 1.79. The normalized spacial score (nSPS) is 11.6. The van der Waals surface area contributed by atoms with Gasteiger partial charge in [0.05, 0.1) is 14.2 Å². The molecule has 0 atom stereocenters. The van der Waals surface area contributed by atoms with Crippen LogP contribution in [-0.4, -0.2) is 50.0 Å². The van der Waals surface area contributed by atoms with Crippen LogP contribution < -0.4 is 20.1 Å². The largest absolute Gasteiger partial charge is 0.493 e. The molecule has 8 heteroatoms. The quantitative estimate of drug-likeness (QED) is 0.338. The van der Waals surface area contributed by atoms with Crippen LogP contribution in [0, 0.1) is 0 Å². The fourth-order valence-electron chi connectivity index (χ4n) is 2.73. The van der Waals surface area contributed by atoms with Gasteiger partial charge < -0.3 is 24.6 Å². The third kappa shape index (κ3) is 7.29. The molecule has 0 spiro atoms. The molecular formula is C21H33N5O3. The minimum absolute atomic E-state index is 0.278. The van der Waals surface area contributed by atoms with Gasteiger partial charge in [-0.3, -0.25) is 4.99 Å². The van der Waals surface area contributed by atoms with Crippen molar-refractivity contribution in [1.82, 2.24) is 20.8 Å². The standard InChI is InChI=1S/C21H33N5O3/c1-6-22-21(23-12-7-8-19-25-20(15(2)3)26-29-19)24-13-11-16-9-10-17(27-4)18(14-16)28-5/h9-10,14-15H,6-8,11-13H2,1-5H3,(H2,22,23,24). The molecule has 0 saturated carbocycles. The summed E-state index contributed by atoms with van der Waals surface area (Å²) in [6, 6.07) is 5.97. The highest BCUT2D eigenvalue weighted by atomic mass is 16.5. The Morgan fingerprint density at radius 1 is 1.14 bits per heavy atom. The number of aliphatic imine (C=N–C) groups is 1. The van der Waals surface area contributed by atoms with E-state index in [4.69, 9.17) is 14.0 Å². The highest BCUT2D eigenvalue weighted by Crippen LogP contribution is 2.27. The lowest BCUT2D eigenvalue weighted by atomic mass is 10.1. The molecule has 0 fully saturated rings. The Morgan fingerprint density at radius 2 is 1.93 bits per heavy atom. The van der Waals surface area contributed by atoms with Crippen LogP contribution in [-0.2, 0) is 12.8 Å². The van der Waals surface area contributed by atoms with Crippen LogP contribution in [0.5, 0.6) is 11.5 Å². The van der Waals surface area contributed by atoms with Crippen molar-refractivity contribution < 1.29 is 14.0 Å². The lowest BCUT2D eigenvalue weighted by molar-refractivity contribution is 0.354. The second-order valence-corrected chi connectivity index (χ2v) is 6.93. The first-order valence-electron chi connectivity index (χ1n) is 10.1. The predicted octanol–water partition coefficient (Wildman–Crippen LogP) is 2.94. The van der Waals surface area contributed by atoms with Crippen molar-refractivity contribution in [3.8, 4) is 11.5 Å². The number of rotatable bonds is 11. The number of benzene rings is 1. The van der Waals surface area contributed by atoms with E-state index in [1.54, 1.807) is 14.2 Å². The van der Waals surface area contributed by atoms with Crippen LogP contribution in [0.15, 0.2) is 27.7 Å². The van der Waals surface area contributed by atoms with Gasteiger partial charge in [0.1, 0.15) is 0 Å². The lowest BCUT2D eigenvalue weighted by Gasteiger charge is -2.12. The first-order chi connectivity index (χ1) is 14.1. The van der Waals surface area contributed by atoms with Crippen LogP contribution in [0.3, 0.4) is 0 Å². The summed E-state index contributed by atoms with van der Waals surface area (Å²) in [5, 5.41) is 10.6. The van der Waals surface area contributed by atoms with E-state index in [0.29, 0.717) is 12.4 Å². The predicted molar refractivity (Wildman–Crippen MR) is 114 cm³/mol. The Hall–Kier alpha value is -2.77. The molecule has 2 aromatic rings. The number of guanidine groups is 1. The van der Waals surface area contributed by atoms with E-state index in [1.807, 2.05) is 18.2 Å². The number of aromatic nitrogens is 2. The Labute approximate surface area is 173 Å². The van der Waals surface area contributed by atoms with Gasteiger partial charge >= 0.3 is 0 Å². The molecule has 0 bridgehead atoms. The molecule has 29 heavy (non-hydrogen) atoms. The summed E-state index contributed by atoms with van der Waals surface area (Å²) in [4.78, 5) is 9.02. The topological polar surface area (TPSA) is 93.8 Å². The van der Waals surface area contributed by atoms with E-state index in [0.717, 1.165) is 55.6 Å². The zero-order valence-corrected chi connectivity index (χ0v) is 18.1. The van der Waals surface area contributed by atoms with Crippen LogP contribution in [0.4, 0.5) is 0 Å². The number of hydrogen-bond acceptors (Lipinski definition) is 6. The first-order valence-corrected chi connectivity index (χ1v) is 10.1. The molecule has 0 saturated heterocycles. The van der Waals surface area contributed by atoms with Crippen LogP contribution in [0.2, 0.25) is 0 Å². The van der Waals surface area contributed by atoms with Gasteiger partial charge in [0.2, 0.25) is 5.89 Å². The number of ether oxygens (including phenoxy) is 2. The SMILES string of the molecule is CCNC(=NCCCc1nc(C(C)C)no1)NCCc1ccc(OC)c(OC)c1. The minimum Gasteiger partial charge on any atom is -0.493 e. The summed E-state index contributed by atoms with van der Waals surface area (Å²) in [5.74, 6) is 4.00. The second kappa shape index (κ2) is 11.9. The van der Waals surface area contributed by atoms with Crippen molar-refractivity contribution in [2.45, 2.75) is 46.0 Å². The number of methoxy groups -OCH3 is 2. The Morgan fingerprint density at radius 3 is 2.59 bits per heavy atom. The summed E-state index contributed by atoms with van der Waals surface area (Å²) in [5.41, 5.74) is 1.17. The molecule has 160 valence electrons. The van der Waals surface area contributed by atoms with Crippen molar-refractivity contribution in [2.24, 2.45) is 4.99 Å². The maximum atomic E-state index is 5.36. The average Bonchev–Trinajstić information content (AvgIpc) is 3.20. The second-order valence-electron chi connectivity index (χ2n) is 6.93. The van der Waals surface area contributed by atoms with Crippen molar-refractivity contribution in [2.75, 3.05) is 33.9 Å². The molecule has 0 aliphatic rings. The molecule has 1 heterocycles. The van der Waals surface area contributed by atoms with Gasteiger partial charge in [-0.1, -0.05) is 25.1 Å². The van der Waals surface area contributed by atoms with E-state index in [9.17, 15) is 0 Å². The van der Waals surface area contributed by atoms with E-state index >= 15 is 0 Å². The summed E-state index contributed by atoms with van der Waals surface area (Å²) in [7, 11) is 3.29. The Kier molecular flexibility index (Phi) is 9.27. The third-order valence-electron chi connectivity index (χ3n) is 4.32. The highest BCUT2D eigenvalue weighted by molar-refractivity contribution is 5.79. The molecule has 1 aromatic heterocycles. The van der Waals surface area contributed by atoms with E-state index in [2.05, 4.69) is 46.5 Å². The lowest BCUT2D eigenvalue weighted by Crippen LogP contribution is -2.38. The number of nitrogens with zero attached hydrogens (tertiary/aromatic N) is 3. The first kappa shape index (κ1) is 22.5. The van der Waals surface area contributed by atoms with E-state index < -0.39 is 0 Å². The van der Waals surface area contributed by atoms with Gasteiger partial charge in [-0.25, -0.2) is 0 Å². The average molecular weight is 404 g/mol. The monoisotopic (exact) mass is 403 g/mol. The molecule has 0 radical (unpaired) electrons. The van der Waals surface area contributed by atoms with Gasteiger partial charge in [0.25, 0.3) is 0 Å². The maximum Gasteiger partial charge on any atom is 0.226 e. The van der Waals surface area contributed by atoms with Crippen molar-refractivity contribution in [3.05, 3.63) is 35.5 Å². The summed E-state index contributed by atoms with van der Waals surface area (Å²) >= 11 is 0. The smallest absolute Gasteiger partial charge is 0.226 e. The fourth-order valence-corrected chi connectivity index (χ4v) is 2.73. The maximum absolute atomic E-state index is 5.36. The van der Waals surface area contributed by atoms with Gasteiger partial charge in [0, 0.05) is 32.0 Å². The zero-order valence-electron chi connectivity index (χ0n) is 18.1. The molecule has 0 unspecified atom stereocenters. The molecule has 1 aromatic carbocycles. The van der Waals surface area contributed by atoms with Crippen molar-refractivity contribution in [3.63, 3.8) is 0 Å². The van der Waals surface area contributed by atoms with Gasteiger partial charge in [0.15, 0.2) is 23.3 Å². The molecule has 0 amide bonds. The number of nitrogens with one attached hydrogen (secondary N) is 2. The van der Waals surface area contributed by atoms with Crippen LogP contribution in [0.1, 0.15) is 50.4 Å². The van der Waals surface area contributed by atoms with E-state index in [-0.39, 0.29) is 5.92 Å². The van der Waals surface area contributed by atoms with Gasteiger partial charge in [-0.05, 0) is 37.5 Å². The minimum atomic E-state index is 0.278. The molecule has 0 aliphatic heterocycles. The summed E-state index contributed by atoms with van der Waals surface area (Å²) in [6.45, 7) is 8.42. The van der Waals surface area contributed by atoms with Gasteiger partial charge in [-0.2, -0.15) is 4.98 Å². The molecule has 8 nitrogen and oxygen atoms in total. The molecular weight excluding hydrogens is 370 g/mol. The summed E-state index contributed by atoms with van der Waals surface area (Å²) < 4.78 is 15.9. The number of hydrogen-bond donors (Lipinski definition) is 2. The zero-order chi connectivity index (χ0) is 21.1. The van der Waals surface area contributed by atoms with Crippen molar-refractivity contribution >= 4 is 5.96 Å². The summed E-state index contributed by atoms with van der Waals surface area (Å²) in [6.07, 6.45) is 2.44. The van der Waals surface area contributed by atoms with Crippen LogP contribution >= 0.6 is 0 Å². The van der Waals surface area contributed by atoms with Crippen molar-refractivity contribution in [1.29, 1.82) is 0 Å². The number of aryl methyl sites for hydroxylation is 1. The molecule has 2 N–H and O–H groups in total. The molecule has 0 aliphatic carbocycles. The molecule has 2 rings (SSSR count).